The third-order valence-electron chi connectivity index (χ3n) is 5.88. The highest BCUT2D eigenvalue weighted by Gasteiger charge is 2.21. The Morgan fingerprint density at radius 2 is 1.59 bits per heavy atom. The lowest BCUT2D eigenvalue weighted by Crippen LogP contribution is -2.27. The van der Waals surface area contributed by atoms with E-state index >= 15 is 0 Å². The lowest BCUT2D eigenvalue weighted by atomic mass is 10.1. The van der Waals surface area contributed by atoms with Gasteiger partial charge in [-0.1, -0.05) is 60.7 Å². The van der Waals surface area contributed by atoms with Crippen molar-refractivity contribution >= 4 is 16.9 Å². The Kier molecular flexibility index (Phi) is 6.23. The number of fused-ring (bicyclic) bond motifs is 1. The molecule has 0 aliphatic carbocycles. The number of anilines is 1. The first-order valence-corrected chi connectivity index (χ1v) is 11.2. The Labute approximate surface area is 198 Å². The average molecular weight is 451 g/mol. The van der Waals surface area contributed by atoms with Crippen LogP contribution in [0.5, 0.6) is 5.75 Å². The third-order valence-corrected chi connectivity index (χ3v) is 5.88. The summed E-state index contributed by atoms with van der Waals surface area (Å²) in [6.07, 6.45) is 3.71. The highest BCUT2D eigenvalue weighted by atomic mass is 16.5. The van der Waals surface area contributed by atoms with Gasteiger partial charge >= 0.3 is 0 Å². The standard InChI is InChI=1S/C28H26N4O2/c1-34-24-14-12-23(13-15-24)32-19-25(22-10-6-3-7-11-22)26-27(29-20-30-28(26)32)31(16-17-33)18-21-8-4-2-5-9-21/h2-15,19-20,33H,16-18H2,1H3. The van der Waals surface area contributed by atoms with Gasteiger partial charge in [0, 0.05) is 30.5 Å². The van der Waals surface area contributed by atoms with Crippen LogP contribution in [0.15, 0.2) is 97.5 Å². The van der Waals surface area contributed by atoms with E-state index in [1.807, 2.05) is 60.7 Å². The zero-order valence-electron chi connectivity index (χ0n) is 19.0. The lowest BCUT2D eigenvalue weighted by Gasteiger charge is -2.24. The predicted octanol–water partition coefficient (Wildman–Crippen LogP) is 5.10. The molecule has 6 heteroatoms. The molecule has 2 aromatic heterocycles. The molecule has 0 unspecified atom stereocenters. The molecule has 0 radical (unpaired) electrons. The van der Waals surface area contributed by atoms with E-state index in [-0.39, 0.29) is 6.61 Å². The molecule has 0 saturated carbocycles. The fraction of sp³-hybridized carbons (Fsp3) is 0.143. The van der Waals surface area contributed by atoms with Crippen LogP contribution in [-0.2, 0) is 6.54 Å². The van der Waals surface area contributed by atoms with Crippen molar-refractivity contribution in [3.8, 4) is 22.6 Å². The molecule has 0 atom stereocenters. The number of rotatable bonds is 8. The van der Waals surface area contributed by atoms with Crippen LogP contribution in [0.1, 0.15) is 5.56 Å². The molecule has 2 heterocycles. The maximum atomic E-state index is 9.86. The SMILES string of the molecule is COc1ccc(-n2cc(-c3ccccc3)c3c(N(CCO)Cc4ccccc4)ncnc32)cc1. The van der Waals surface area contributed by atoms with Crippen molar-refractivity contribution in [3.63, 3.8) is 0 Å². The highest BCUT2D eigenvalue weighted by Crippen LogP contribution is 2.37. The van der Waals surface area contributed by atoms with E-state index in [2.05, 4.69) is 44.9 Å². The molecule has 5 rings (SSSR count). The monoisotopic (exact) mass is 450 g/mol. The van der Waals surface area contributed by atoms with Crippen molar-refractivity contribution < 1.29 is 9.84 Å². The molecule has 0 saturated heterocycles. The van der Waals surface area contributed by atoms with Crippen molar-refractivity contribution in [2.75, 3.05) is 25.2 Å². The molecule has 0 amide bonds. The second-order valence-corrected chi connectivity index (χ2v) is 8.00. The molecule has 0 bridgehead atoms. The summed E-state index contributed by atoms with van der Waals surface area (Å²) in [5.41, 5.74) is 5.07. The van der Waals surface area contributed by atoms with E-state index in [9.17, 15) is 5.11 Å². The number of aromatic nitrogens is 3. The van der Waals surface area contributed by atoms with Crippen LogP contribution in [-0.4, -0.2) is 39.9 Å². The summed E-state index contributed by atoms with van der Waals surface area (Å²) >= 11 is 0. The summed E-state index contributed by atoms with van der Waals surface area (Å²) in [5.74, 6) is 1.60. The van der Waals surface area contributed by atoms with Gasteiger partial charge in [-0.3, -0.25) is 0 Å². The minimum atomic E-state index is 0.0260. The van der Waals surface area contributed by atoms with Crippen molar-refractivity contribution in [1.82, 2.24) is 14.5 Å². The molecule has 3 aromatic carbocycles. The van der Waals surface area contributed by atoms with Gasteiger partial charge in [0.2, 0.25) is 0 Å². The van der Waals surface area contributed by atoms with Gasteiger partial charge in [0.1, 0.15) is 17.9 Å². The Morgan fingerprint density at radius 1 is 0.882 bits per heavy atom. The number of methoxy groups -OCH3 is 1. The number of aliphatic hydroxyl groups is 1. The predicted molar refractivity (Wildman–Crippen MR) is 135 cm³/mol. The first-order chi connectivity index (χ1) is 16.8. The molecule has 0 aliphatic heterocycles. The number of nitrogens with zero attached hydrogens (tertiary/aromatic N) is 4. The summed E-state index contributed by atoms with van der Waals surface area (Å²) in [6, 6.07) is 28.4. The van der Waals surface area contributed by atoms with Gasteiger partial charge in [-0.2, -0.15) is 0 Å². The number of ether oxygens (including phenoxy) is 1. The lowest BCUT2D eigenvalue weighted by molar-refractivity contribution is 0.301. The second kappa shape index (κ2) is 9.77. The van der Waals surface area contributed by atoms with Crippen molar-refractivity contribution in [1.29, 1.82) is 0 Å². The highest BCUT2D eigenvalue weighted by molar-refractivity contribution is 6.02. The second-order valence-electron chi connectivity index (χ2n) is 8.00. The first-order valence-electron chi connectivity index (χ1n) is 11.2. The van der Waals surface area contributed by atoms with Gasteiger partial charge in [0.25, 0.3) is 0 Å². The van der Waals surface area contributed by atoms with Crippen LogP contribution < -0.4 is 9.64 Å². The van der Waals surface area contributed by atoms with Gasteiger partial charge in [-0.25, -0.2) is 9.97 Å². The summed E-state index contributed by atoms with van der Waals surface area (Å²) in [7, 11) is 1.66. The van der Waals surface area contributed by atoms with E-state index in [0.29, 0.717) is 13.1 Å². The van der Waals surface area contributed by atoms with Crippen LogP contribution in [0.2, 0.25) is 0 Å². The topological polar surface area (TPSA) is 63.4 Å². The quantitative estimate of drug-likeness (QED) is 0.357. The molecule has 0 fully saturated rings. The molecule has 1 N–H and O–H groups in total. The molecular formula is C28H26N4O2. The van der Waals surface area contributed by atoms with Crippen LogP contribution in [0, 0.1) is 0 Å². The van der Waals surface area contributed by atoms with E-state index in [4.69, 9.17) is 9.72 Å². The van der Waals surface area contributed by atoms with Gasteiger partial charge in [0.15, 0.2) is 5.65 Å². The van der Waals surface area contributed by atoms with Crippen molar-refractivity contribution in [2.45, 2.75) is 6.54 Å². The Bertz CT molecular complexity index is 1370. The number of hydrogen-bond donors (Lipinski definition) is 1. The Hall–Kier alpha value is -4.16. The molecule has 0 aliphatic rings. The maximum absolute atomic E-state index is 9.86. The van der Waals surface area contributed by atoms with Crippen LogP contribution in [0.4, 0.5) is 5.82 Å². The molecular weight excluding hydrogens is 424 g/mol. The number of hydrogen-bond acceptors (Lipinski definition) is 5. The summed E-state index contributed by atoms with van der Waals surface area (Å²) in [5, 5.41) is 10.8. The molecule has 170 valence electrons. The third kappa shape index (κ3) is 4.23. The molecule has 34 heavy (non-hydrogen) atoms. The zero-order chi connectivity index (χ0) is 23.3. The van der Waals surface area contributed by atoms with Gasteiger partial charge in [-0.05, 0) is 35.4 Å². The smallest absolute Gasteiger partial charge is 0.150 e. The summed E-state index contributed by atoms with van der Waals surface area (Å²) < 4.78 is 7.42. The van der Waals surface area contributed by atoms with Crippen molar-refractivity contribution in [3.05, 3.63) is 103 Å². The normalized spacial score (nSPS) is 11.0. The fourth-order valence-corrected chi connectivity index (χ4v) is 4.25. The zero-order valence-corrected chi connectivity index (χ0v) is 19.0. The Morgan fingerprint density at radius 3 is 2.26 bits per heavy atom. The first kappa shape index (κ1) is 21.7. The Balaban J connectivity index is 1.71. The van der Waals surface area contributed by atoms with Gasteiger partial charge < -0.3 is 19.3 Å². The summed E-state index contributed by atoms with van der Waals surface area (Å²) in [4.78, 5) is 11.5. The van der Waals surface area contributed by atoms with Crippen LogP contribution in [0.25, 0.3) is 27.8 Å². The van der Waals surface area contributed by atoms with Gasteiger partial charge in [0.05, 0.1) is 19.1 Å². The number of benzene rings is 3. The van der Waals surface area contributed by atoms with Crippen LogP contribution in [0.3, 0.4) is 0 Å². The molecule has 0 spiro atoms. The minimum Gasteiger partial charge on any atom is -0.497 e. The van der Waals surface area contributed by atoms with E-state index in [1.54, 1.807) is 13.4 Å². The molecule has 6 nitrogen and oxygen atoms in total. The summed E-state index contributed by atoms with van der Waals surface area (Å²) in [6.45, 7) is 1.12. The largest absolute Gasteiger partial charge is 0.497 e. The minimum absolute atomic E-state index is 0.0260. The number of aliphatic hydroxyl groups excluding tert-OH is 1. The maximum Gasteiger partial charge on any atom is 0.150 e. The van der Waals surface area contributed by atoms with E-state index in [1.165, 1.54) is 0 Å². The van der Waals surface area contributed by atoms with Crippen molar-refractivity contribution in [2.24, 2.45) is 0 Å². The molecule has 5 aromatic rings. The van der Waals surface area contributed by atoms with Crippen LogP contribution >= 0.6 is 0 Å². The van der Waals surface area contributed by atoms with Gasteiger partial charge in [-0.15, -0.1) is 0 Å². The average Bonchev–Trinajstić information content (AvgIpc) is 3.30. The van der Waals surface area contributed by atoms with E-state index < -0.39 is 0 Å². The fourth-order valence-electron chi connectivity index (χ4n) is 4.25. The van der Waals surface area contributed by atoms with E-state index in [0.717, 1.165) is 45.0 Å².